The molecule has 2 aromatic rings. The molecule has 0 N–H and O–H groups in total. The zero-order valence-corrected chi connectivity index (χ0v) is 18.4. The van der Waals surface area contributed by atoms with Crippen LogP contribution in [0.2, 0.25) is 10.0 Å². The molecule has 0 saturated carbocycles. The Balaban J connectivity index is 2.20. The number of allylic oxidation sites excluding steroid dienone is 1. The van der Waals surface area contributed by atoms with Crippen LogP contribution in [-0.2, 0) is 10.0 Å². The molecule has 0 aliphatic carbocycles. The molecule has 3 nitrogen and oxygen atoms in total. The first kappa shape index (κ1) is 21.4. The highest BCUT2D eigenvalue weighted by molar-refractivity contribution is 7.89. The Labute approximate surface area is 178 Å². The van der Waals surface area contributed by atoms with Gasteiger partial charge in [-0.1, -0.05) is 53.5 Å². The van der Waals surface area contributed by atoms with E-state index in [0.29, 0.717) is 22.9 Å². The predicted molar refractivity (Wildman–Crippen MR) is 117 cm³/mol. The third-order valence-electron chi connectivity index (χ3n) is 5.31. The molecule has 28 heavy (non-hydrogen) atoms. The molecule has 3 rings (SSSR count). The molecule has 1 heterocycles. The van der Waals surface area contributed by atoms with Crippen molar-refractivity contribution in [2.75, 3.05) is 0 Å². The van der Waals surface area contributed by atoms with Gasteiger partial charge < -0.3 is 0 Å². The second kappa shape index (κ2) is 8.58. The van der Waals surface area contributed by atoms with Crippen molar-refractivity contribution in [3.05, 3.63) is 82.4 Å². The first-order valence-electron chi connectivity index (χ1n) is 9.40. The van der Waals surface area contributed by atoms with Gasteiger partial charge >= 0.3 is 0 Å². The van der Waals surface area contributed by atoms with E-state index in [1.54, 1.807) is 10.4 Å². The van der Waals surface area contributed by atoms with Gasteiger partial charge in [0.1, 0.15) is 0 Å². The first-order valence-corrected chi connectivity index (χ1v) is 11.7. The van der Waals surface area contributed by atoms with Crippen LogP contribution in [0.1, 0.15) is 49.8 Å². The van der Waals surface area contributed by atoms with E-state index >= 15 is 0 Å². The second-order valence-electron chi connectivity index (χ2n) is 7.51. The zero-order valence-electron chi connectivity index (χ0n) is 16.1. The topological polar surface area (TPSA) is 37.4 Å². The minimum Gasteiger partial charge on any atom is -0.212 e. The summed E-state index contributed by atoms with van der Waals surface area (Å²) in [5, 5.41) is 0.777. The summed E-state index contributed by atoms with van der Waals surface area (Å²) in [4.78, 5) is 0. The Hall–Kier alpha value is -1.33. The summed E-state index contributed by atoms with van der Waals surface area (Å²) < 4.78 is 28.6. The van der Waals surface area contributed by atoms with Crippen LogP contribution in [0.5, 0.6) is 0 Å². The van der Waals surface area contributed by atoms with Gasteiger partial charge in [0.05, 0.1) is 11.3 Å². The van der Waals surface area contributed by atoms with Crippen molar-refractivity contribution >= 4 is 33.2 Å². The van der Waals surface area contributed by atoms with Crippen molar-refractivity contribution in [2.45, 2.75) is 49.9 Å². The normalized spacial score (nSPS) is 25.0. The number of hydrogen-bond donors (Lipinski definition) is 0. The number of nitrogens with zero attached hydrogens (tertiary/aromatic N) is 1. The molecule has 0 unspecified atom stereocenters. The lowest BCUT2D eigenvalue weighted by Crippen LogP contribution is -2.51. The summed E-state index contributed by atoms with van der Waals surface area (Å²) in [6.07, 6.45) is 2.64. The molecular weight excluding hydrogens is 413 g/mol. The fourth-order valence-electron chi connectivity index (χ4n) is 4.16. The quantitative estimate of drug-likeness (QED) is 0.521. The summed E-state index contributed by atoms with van der Waals surface area (Å²) in [5.74, 6) is -0.0178. The molecule has 0 aromatic heterocycles. The van der Waals surface area contributed by atoms with Crippen LogP contribution in [0.25, 0.3) is 0 Å². The molecule has 0 spiro atoms. The standard InChI is InChI=1S/C22H25Cl2NO2S/c1-4-6-20-14-21(17-7-5-8-19(24)13-17)22(16-9-11-18(23)12-10-16)25(15(2)3)28(20,26)27/h4-5,7-13,15,20-22H,1,6,14H2,2-3H3/t20-,21+,22+/m0/s1. The molecular formula is C22H25Cl2NO2S. The molecule has 0 bridgehead atoms. The SMILES string of the molecule is C=CC[C@H]1C[C@H](c2cccc(Cl)c2)[C@@H](c2ccc(Cl)cc2)N(C(C)C)S1(=O)=O. The van der Waals surface area contributed by atoms with Crippen molar-refractivity contribution in [3.63, 3.8) is 0 Å². The van der Waals surface area contributed by atoms with Crippen LogP contribution in [0.4, 0.5) is 0 Å². The Morgan fingerprint density at radius 2 is 1.79 bits per heavy atom. The maximum absolute atomic E-state index is 13.5. The number of rotatable bonds is 5. The van der Waals surface area contributed by atoms with E-state index < -0.39 is 15.3 Å². The van der Waals surface area contributed by atoms with Crippen LogP contribution in [0, 0.1) is 0 Å². The Morgan fingerprint density at radius 1 is 1.11 bits per heavy atom. The van der Waals surface area contributed by atoms with Gasteiger partial charge in [-0.2, -0.15) is 4.31 Å². The molecule has 1 fully saturated rings. The van der Waals surface area contributed by atoms with Gasteiger partial charge in [0.15, 0.2) is 0 Å². The van der Waals surface area contributed by atoms with Gasteiger partial charge in [-0.25, -0.2) is 8.42 Å². The average molecular weight is 438 g/mol. The maximum Gasteiger partial charge on any atom is 0.218 e. The fraction of sp³-hybridized carbons (Fsp3) is 0.364. The van der Waals surface area contributed by atoms with Crippen molar-refractivity contribution < 1.29 is 8.42 Å². The molecule has 1 saturated heterocycles. The van der Waals surface area contributed by atoms with E-state index in [-0.39, 0.29) is 18.0 Å². The van der Waals surface area contributed by atoms with Crippen LogP contribution < -0.4 is 0 Å². The first-order chi connectivity index (χ1) is 13.3. The smallest absolute Gasteiger partial charge is 0.212 e. The number of hydrogen-bond acceptors (Lipinski definition) is 2. The minimum absolute atomic E-state index is 0.0178. The highest BCUT2D eigenvalue weighted by Gasteiger charge is 2.48. The molecule has 1 aliphatic rings. The van der Waals surface area contributed by atoms with E-state index in [9.17, 15) is 8.42 Å². The summed E-state index contributed by atoms with van der Waals surface area (Å²) in [6, 6.07) is 14.7. The van der Waals surface area contributed by atoms with Gasteiger partial charge in [-0.15, -0.1) is 6.58 Å². The fourth-order valence-corrected chi connectivity index (χ4v) is 6.83. The van der Waals surface area contributed by atoms with Crippen LogP contribution >= 0.6 is 23.2 Å². The lowest BCUT2D eigenvalue weighted by atomic mass is 9.82. The zero-order chi connectivity index (χ0) is 20.5. The molecule has 2 aromatic carbocycles. The van der Waals surface area contributed by atoms with Gasteiger partial charge in [-0.3, -0.25) is 0 Å². The van der Waals surface area contributed by atoms with Crippen LogP contribution in [-0.4, -0.2) is 24.0 Å². The van der Waals surface area contributed by atoms with Gasteiger partial charge in [-0.05, 0) is 62.1 Å². The highest BCUT2D eigenvalue weighted by atomic mass is 35.5. The van der Waals surface area contributed by atoms with Crippen molar-refractivity contribution in [2.24, 2.45) is 0 Å². The Morgan fingerprint density at radius 3 is 2.36 bits per heavy atom. The summed E-state index contributed by atoms with van der Waals surface area (Å²) in [6.45, 7) is 7.62. The van der Waals surface area contributed by atoms with E-state index in [1.165, 1.54) is 0 Å². The van der Waals surface area contributed by atoms with E-state index in [1.807, 2.05) is 62.4 Å². The Kier molecular flexibility index (Phi) is 6.55. The van der Waals surface area contributed by atoms with Crippen molar-refractivity contribution in [1.29, 1.82) is 0 Å². The number of halogens is 2. The van der Waals surface area contributed by atoms with Crippen LogP contribution in [0.15, 0.2) is 61.2 Å². The van der Waals surface area contributed by atoms with Gasteiger partial charge in [0.25, 0.3) is 0 Å². The maximum atomic E-state index is 13.5. The minimum atomic E-state index is -3.49. The largest absolute Gasteiger partial charge is 0.218 e. The van der Waals surface area contributed by atoms with Crippen LogP contribution in [0.3, 0.4) is 0 Å². The lowest BCUT2D eigenvalue weighted by molar-refractivity contribution is 0.210. The van der Waals surface area contributed by atoms with E-state index in [0.717, 1.165) is 11.1 Å². The Bertz CT molecular complexity index is 941. The number of sulfonamides is 1. The molecule has 150 valence electrons. The summed E-state index contributed by atoms with van der Waals surface area (Å²) in [5.41, 5.74) is 1.98. The van der Waals surface area contributed by atoms with Gasteiger partial charge in [0.2, 0.25) is 10.0 Å². The van der Waals surface area contributed by atoms with Crippen molar-refractivity contribution in [3.8, 4) is 0 Å². The monoisotopic (exact) mass is 437 g/mol. The third-order valence-corrected chi connectivity index (χ3v) is 8.26. The average Bonchev–Trinajstić information content (AvgIpc) is 2.63. The van der Waals surface area contributed by atoms with E-state index in [2.05, 4.69) is 6.58 Å². The predicted octanol–water partition coefficient (Wildman–Crippen LogP) is 6.21. The highest BCUT2D eigenvalue weighted by Crippen LogP contribution is 2.48. The third kappa shape index (κ3) is 4.16. The van der Waals surface area contributed by atoms with Crippen molar-refractivity contribution in [1.82, 2.24) is 4.31 Å². The molecule has 6 heteroatoms. The molecule has 0 radical (unpaired) electrons. The second-order valence-corrected chi connectivity index (χ2v) is 10.5. The van der Waals surface area contributed by atoms with E-state index in [4.69, 9.17) is 23.2 Å². The molecule has 1 aliphatic heterocycles. The van der Waals surface area contributed by atoms with Gasteiger partial charge in [0, 0.05) is 22.0 Å². The molecule has 0 amide bonds. The summed E-state index contributed by atoms with van der Waals surface area (Å²) >= 11 is 12.3. The summed E-state index contributed by atoms with van der Waals surface area (Å²) in [7, 11) is -3.49. The lowest BCUT2D eigenvalue weighted by Gasteiger charge is -2.46. The number of benzene rings is 2. The molecule has 3 atom stereocenters.